The van der Waals surface area contributed by atoms with E-state index in [1.165, 1.54) is 4.90 Å². The molecule has 1 heterocycles. The van der Waals surface area contributed by atoms with Crippen molar-refractivity contribution in [3.05, 3.63) is 0 Å². The van der Waals surface area contributed by atoms with Gasteiger partial charge in [-0.2, -0.15) is 0 Å². The smallest absolute Gasteiger partial charge is 0.410 e. The van der Waals surface area contributed by atoms with E-state index in [1.54, 1.807) is 20.8 Å². The maximum atomic E-state index is 11.3. The lowest BCUT2D eigenvalue weighted by molar-refractivity contribution is -0.147. The fourth-order valence-corrected chi connectivity index (χ4v) is 1.06. The molecule has 0 saturated carbocycles. The molecule has 14 heavy (non-hydrogen) atoms. The van der Waals surface area contributed by atoms with Crippen molar-refractivity contribution in [3.8, 4) is 0 Å². The largest absolute Gasteiger partial charge is 0.461 e. The van der Waals surface area contributed by atoms with E-state index in [0.29, 0.717) is 13.2 Å². The predicted molar refractivity (Wildman–Crippen MR) is 48.7 cm³/mol. The Bertz CT molecular complexity index is 239. The quantitative estimate of drug-likeness (QED) is 0.500. The number of esters is 1. The molecule has 1 atom stereocenters. The van der Waals surface area contributed by atoms with Crippen LogP contribution in [0.15, 0.2) is 0 Å². The summed E-state index contributed by atoms with van der Waals surface area (Å²) in [6, 6.07) is -0.434. The summed E-state index contributed by atoms with van der Waals surface area (Å²) in [5.74, 6) is -0.354. The lowest BCUT2D eigenvalue weighted by Gasteiger charge is -2.07. The molecule has 5 heteroatoms. The molecule has 80 valence electrons. The molecule has 1 aliphatic heterocycles. The molecule has 0 aromatic carbocycles. The first kappa shape index (κ1) is 10.8. The topological polar surface area (TPSA) is 55.6 Å². The second-order valence-electron chi connectivity index (χ2n) is 3.35. The highest BCUT2D eigenvalue weighted by atomic mass is 16.6. The summed E-state index contributed by atoms with van der Waals surface area (Å²) in [7, 11) is 0. The van der Waals surface area contributed by atoms with Crippen LogP contribution in [0.2, 0.25) is 0 Å². The van der Waals surface area contributed by atoms with Gasteiger partial charge in [-0.05, 0) is 20.8 Å². The summed E-state index contributed by atoms with van der Waals surface area (Å²) >= 11 is 0. The number of nitrogens with zero attached hydrogens (tertiary/aromatic N) is 1. The Labute approximate surface area is 83.0 Å². The fraction of sp³-hybridized carbons (Fsp3) is 0.778. The van der Waals surface area contributed by atoms with E-state index in [-0.39, 0.29) is 12.1 Å². The van der Waals surface area contributed by atoms with E-state index in [2.05, 4.69) is 0 Å². The Kier molecular flexibility index (Phi) is 3.33. The van der Waals surface area contributed by atoms with Gasteiger partial charge in [-0.3, -0.25) is 4.90 Å². The highest BCUT2D eigenvalue weighted by Gasteiger charge is 2.46. The minimum Gasteiger partial charge on any atom is -0.461 e. The van der Waals surface area contributed by atoms with Crippen LogP contribution >= 0.6 is 0 Å². The molecule has 1 amide bonds. The van der Waals surface area contributed by atoms with Crippen LogP contribution in [0, 0.1) is 0 Å². The number of hydrogen-bond donors (Lipinski definition) is 0. The van der Waals surface area contributed by atoms with E-state index in [0.717, 1.165) is 0 Å². The minimum atomic E-state index is -0.446. The van der Waals surface area contributed by atoms with Gasteiger partial charge in [-0.15, -0.1) is 0 Å². The van der Waals surface area contributed by atoms with Crippen molar-refractivity contribution >= 4 is 12.1 Å². The normalized spacial score (nSPS) is 19.4. The minimum absolute atomic E-state index is 0.146. The number of rotatable bonds is 3. The molecule has 1 unspecified atom stereocenters. The van der Waals surface area contributed by atoms with Crippen LogP contribution in [-0.2, 0) is 14.3 Å². The predicted octanol–water partition coefficient (Wildman–Crippen LogP) is 0.779. The second kappa shape index (κ2) is 4.30. The molecule has 0 spiro atoms. The molecule has 1 saturated heterocycles. The molecule has 1 rings (SSSR count). The summed E-state index contributed by atoms with van der Waals surface area (Å²) in [4.78, 5) is 23.7. The van der Waals surface area contributed by atoms with Gasteiger partial charge in [0.25, 0.3) is 0 Å². The molecule has 0 aromatic rings. The highest BCUT2D eigenvalue weighted by Crippen LogP contribution is 2.20. The summed E-state index contributed by atoms with van der Waals surface area (Å²) in [6.45, 7) is 6.00. The van der Waals surface area contributed by atoms with Gasteiger partial charge in [-0.25, -0.2) is 9.59 Å². The van der Waals surface area contributed by atoms with Crippen molar-refractivity contribution < 1.29 is 19.1 Å². The van der Waals surface area contributed by atoms with E-state index in [9.17, 15) is 9.59 Å². The van der Waals surface area contributed by atoms with Crippen molar-refractivity contribution in [1.29, 1.82) is 0 Å². The zero-order valence-electron chi connectivity index (χ0n) is 8.65. The number of carbonyl (C=O) groups is 2. The zero-order chi connectivity index (χ0) is 10.7. The van der Waals surface area contributed by atoms with Crippen LogP contribution in [0.3, 0.4) is 0 Å². The molecule has 1 fully saturated rings. The molecule has 0 radical (unpaired) electrons. The summed E-state index contributed by atoms with van der Waals surface area (Å²) in [6.07, 6.45) is -0.592. The standard InChI is InChI=1S/C9H15NO4/c1-4-13-9(12)10-5-7(10)8(11)14-6(2)3/h6-7H,4-5H2,1-3H3. The van der Waals surface area contributed by atoms with E-state index in [4.69, 9.17) is 9.47 Å². The van der Waals surface area contributed by atoms with Gasteiger partial charge in [0.15, 0.2) is 6.04 Å². The average Bonchev–Trinajstić information content (AvgIpc) is 2.81. The molecule has 0 N–H and O–H groups in total. The van der Waals surface area contributed by atoms with Gasteiger partial charge in [0.05, 0.1) is 19.3 Å². The van der Waals surface area contributed by atoms with Crippen LogP contribution < -0.4 is 0 Å². The fourth-order valence-electron chi connectivity index (χ4n) is 1.06. The van der Waals surface area contributed by atoms with E-state index < -0.39 is 12.1 Å². The van der Waals surface area contributed by atoms with Gasteiger partial charge >= 0.3 is 12.1 Å². The van der Waals surface area contributed by atoms with Gasteiger partial charge in [-0.1, -0.05) is 0 Å². The van der Waals surface area contributed by atoms with E-state index >= 15 is 0 Å². The van der Waals surface area contributed by atoms with Crippen LogP contribution in [-0.4, -0.2) is 42.3 Å². The summed E-state index contributed by atoms with van der Waals surface area (Å²) in [5, 5.41) is 0. The number of ether oxygens (including phenoxy) is 2. The average molecular weight is 201 g/mol. The first-order chi connectivity index (χ1) is 6.56. The first-order valence-corrected chi connectivity index (χ1v) is 4.70. The third-order valence-electron chi connectivity index (χ3n) is 1.74. The van der Waals surface area contributed by atoms with Crippen molar-refractivity contribution in [2.75, 3.05) is 13.2 Å². The van der Waals surface area contributed by atoms with Crippen LogP contribution in [0.4, 0.5) is 4.79 Å². The second-order valence-corrected chi connectivity index (χ2v) is 3.35. The maximum Gasteiger partial charge on any atom is 0.410 e. The Morgan fingerprint density at radius 2 is 2.14 bits per heavy atom. The third kappa shape index (κ3) is 2.61. The molecular formula is C9H15NO4. The maximum absolute atomic E-state index is 11.3. The summed E-state index contributed by atoms with van der Waals surface area (Å²) in [5.41, 5.74) is 0. The lowest BCUT2D eigenvalue weighted by atomic mass is 10.4. The number of amides is 1. The van der Waals surface area contributed by atoms with E-state index in [1.807, 2.05) is 0 Å². The third-order valence-corrected chi connectivity index (χ3v) is 1.74. The number of hydrogen-bond acceptors (Lipinski definition) is 4. The summed E-state index contributed by atoms with van der Waals surface area (Å²) < 4.78 is 9.67. The number of carbonyl (C=O) groups excluding carboxylic acids is 2. The first-order valence-electron chi connectivity index (χ1n) is 4.70. The zero-order valence-corrected chi connectivity index (χ0v) is 8.65. The van der Waals surface area contributed by atoms with Crippen molar-refractivity contribution in [2.45, 2.75) is 32.9 Å². The molecule has 0 aliphatic carbocycles. The Morgan fingerprint density at radius 3 is 2.64 bits per heavy atom. The molecular weight excluding hydrogens is 186 g/mol. The van der Waals surface area contributed by atoms with Crippen LogP contribution in [0.1, 0.15) is 20.8 Å². The van der Waals surface area contributed by atoms with Crippen molar-refractivity contribution in [2.24, 2.45) is 0 Å². The van der Waals surface area contributed by atoms with Crippen LogP contribution in [0.5, 0.6) is 0 Å². The van der Waals surface area contributed by atoms with Crippen molar-refractivity contribution in [1.82, 2.24) is 4.90 Å². The van der Waals surface area contributed by atoms with Crippen molar-refractivity contribution in [3.63, 3.8) is 0 Å². The molecule has 1 aliphatic rings. The Hall–Kier alpha value is -1.26. The lowest BCUT2D eigenvalue weighted by Crippen LogP contribution is -2.23. The Balaban J connectivity index is 2.31. The molecule has 0 bridgehead atoms. The van der Waals surface area contributed by atoms with Gasteiger partial charge in [0.2, 0.25) is 0 Å². The molecule has 0 aromatic heterocycles. The monoisotopic (exact) mass is 201 g/mol. The van der Waals surface area contributed by atoms with Gasteiger partial charge in [0, 0.05) is 0 Å². The van der Waals surface area contributed by atoms with Gasteiger partial charge < -0.3 is 9.47 Å². The van der Waals surface area contributed by atoms with Crippen LogP contribution in [0.25, 0.3) is 0 Å². The molecule has 5 nitrogen and oxygen atoms in total. The SMILES string of the molecule is CCOC(=O)N1CC1C(=O)OC(C)C. The highest BCUT2D eigenvalue weighted by molar-refractivity contribution is 5.86. The van der Waals surface area contributed by atoms with Gasteiger partial charge in [0.1, 0.15) is 0 Å². The Morgan fingerprint density at radius 1 is 1.50 bits per heavy atom.